The van der Waals surface area contributed by atoms with Crippen LogP contribution < -0.4 is 10.6 Å². The van der Waals surface area contributed by atoms with Crippen LogP contribution in [0.2, 0.25) is 5.02 Å². The van der Waals surface area contributed by atoms with Crippen molar-refractivity contribution in [1.82, 2.24) is 4.98 Å². The third-order valence-electron chi connectivity index (χ3n) is 3.41. The molecule has 25 heavy (non-hydrogen) atoms. The van der Waals surface area contributed by atoms with Gasteiger partial charge in [0.15, 0.2) is 0 Å². The van der Waals surface area contributed by atoms with Crippen LogP contribution in [0.4, 0.5) is 17.1 Å². The molecule has 0 bridgehead atoms. The standard InChI is InChI=1S/C19H13ClN4O/c20-15-3-7-17(8-4-15)24-19(25)14-9-18(12-22-11-14)23-16-5-1-13(10-21)2-6-16/h1-9,11-12,23H,(H,24,25). The first-order chi connectivity index (χ1) is 12.1. The lowest BCUT2D eigenvalue weighted by Crippen LogP contribution is -2.12. The van der Waals surface area contributed by atoms with E-state index < -0.39 is 0 Å². The van der Waals surface area contributed by atoms with Crippen LogP contribution in [-0.4, -0.2) is 10.9 Å². The molecule has 122 valence electrons. The van der Waals surface area contributed by atoms with Crippen LogP contribution in [0.1, 0.15) is 15.9 Å². The van der Waals surface area contributed by atoms with Crippen LogP contribution in [-0.2, 0) is 0 Å². The van der Waals surface area contributed by atoms with Gasteiger partial charge in [0.25, 0.3) is 5.91 Å². The minimum Gasteiger partial charge on any atom is -0.354 e. The minimum absolute atomic E-state index is 0.265. The van der Waals surface area contributed by atoms with E-state index in [1.807, 2.05) is 0 Å². The second kappa shape index (κ2) is 7.47. The van der Waals surface area contributed by atoms with Gasteiger partial charge in [-0.3, -0.25) is 9.78 Å². The fourth-order valence-corrected chi connectivity index (χ4v) is 2.29. The number of hydrogen-bond donors (Lipinski definition) is 2. The van der Waals surface area contributed by atoms with Crippen LogP contribution in [0.3, 0.4) is 0 Å². The normalized spacial score (nSPS) is 9.92. The molecule has 1 amide bonds. The van der Waals surface area contributed by atoms with E-state index in [1.165, 1.54) is 6.20 Å². The highest BCUT2D eigenvalue weighted by Crippen LogP contribution is 2.19. The Labute approximate surface area is 149 Å². The molecule has 0 atom stereocenters. The number of anilines is 3. The van der Waals surface area contributed by atoms with Gasteiger partial charge in [-0.25, -0.2) is 0 Å². The van der Waals surface area contributed by atoms with E-state index in [0.717, 1.165) is 5.69 Å². The van der Waals surface area contributed by atoms with Crippen molar-refractivity contribution in [3.8, 4) is 6.07 Å². The van der Waals surface area contributed by atoms with Gasteiger partial charge in [-0.2, -0.15) is 5.26 Å². The summed E-state index contributed by atoms with van der Waals surface area (Å²) in [5.74, 6) is -0.265. The second-order valence-corrected chi connectivity index (χ2v) is 5.67. The molecule has 0 spiro atoms. The van der Waals surface area contributed by atoms with Gasteiger partial charge in [0.1, 0.15) is 0 Å². The predicted molar refractivity (Wildman–Crippen MR) is 98.1 cm³/mol. The van der Waals surface area contributed by atoms with Crippen LogP contribution >= 0.6 is 11.6 Å². The average molecular weight is 349 g/mol. The lowest BCUT2D eigenvalue weighted by molar-refractivity contribution is 0.102. The number of amides is 1. The number of carbonyl (C=O) groups is 1. The molecular weight excluding hydrogens is 336 g/mol. The second-order valence-electron chi connectivity index (χ2n) is 5.24. The summed E-state index contributed by atoms with van der Waals surface area (Å²) in [4.78, 5) is 16.4. The van der Waals surface area contributed by atoms with Gasteiger partial charge < -0.3 is 10.6 Å². The smallest absolute Gasteiger partial charge is 0.257 e. The molecule has 6 heteroatoms. The summed E-state index contributed by atoms with van der Waals surface area (Å²) in [6.07, 6.45) is 3.12. The monoisotopic (exact) mass is 348 g/mol. The molecule has 2 aromatic carbocycles. The molecule has 1 heterocycles. The molecule has 5 nitrogen and oxygen atoms in total. The summed E-state index contributed by atoms with van der Waals surface area (Å²) >= 11 is 5.83. The Kier molecular flexibility index (Phi) is 4.93. The van der Waals surface area contributed by atoms with E-state index >= 15 is 0 Å². The summed E-state index contributed by atoms with van der Waals surface area (Å²) in [6.45, 7) is 0. The fraction of sp³-hybridized carbons (Fsp3) is 0. The third kappa shape index (κ3) is 4.34. The van der Waals surface area contributed by atoms with Gasteiger partial charge in [-0.05, 0) is 54.6 Å². The molecule has 0 fully saturated rings. The number of nitrogens with zero attached hydrogens (tertiary/aromatic N) is 2. The first-order valence-corrected chi connectivity index (χ1v) is 7.81. The molecule has 0 aliphatic heterocycles. The van der Waals surface area contributed by atoms with E-state index in [9.17, 15) is 4.79 Å². The minimum atomic E-state index is -0.265. The highest BCUT2D eigenvalue weighted by Gasteiger charge is 2.08. The molecular formula is C19H13ClN4O. The number of carbonyl (C=O) groups excluding carboxylic acids is 1. The van der Waals surface area contributed by atoms with E-state index in [1.54, 1.807) is 60.8 Å². The van der Waals surface area contributed by atoms with E-state index in [4.69, 9.17) is 16.9 Å². The maximum atomic E-state index is 12.3. The Morgan fingerprint density at radius 1 is 0.960 bits per heavy atom. The Balaban J connectivity index is 1.72. The maximum Gasteiger partial charge on any atom is 0.257 e. The topological polar surface area (TPSA) is 77.8 Å². The molecule has 3 rings (SSSR count). The van der Waals surface area contributed by atoms with Crippen molar-refractivity contribution in [1.29, 1.82) is 5.26 Å². The predicted octanol–water partition coefficient (Wildman–Crippen LogP) is 4.60. The van der Waals surface area contributed by atoms with Crippen molar-refractivity contribution in [2.24, 2.45) is 0 Å². The molecule has 3 aromatic rings. The van der Waals surface area contributed by atoms with Crippen LogP contribution in [0.25, 0.3) is 0 Å². The molecule has 0 saturated carbocycles. The van der Waals surface area contributed by atoms with Crippen molar-refractivity contribution < 1.29 is 4.79 Å². The number of aromatic nitrogens is 1. The SMILES string of the molecule is N#Cc1ccc(Nc2cncc(C(=O)Nc3ccc(Cl)cc3)c2)cc1. The first-order valence-electron chi connectivity index (χ1n) is 7.43. The summed E-state index contributed by atoms with van der Waals surface area (Å²) in [6, 6.07) is 17.7. The number of nitriles is 1. The van der Waals surface area contributed by atoms with E-state index in [0.29, 0.717) is 27.5 Å². The number of benzene rings is 2. The van der Waals surface area contributed by atoms with E-state index in [-0.39, 0.29) is 5.91 Å². The van der Waals surface area contributed by atoms with Crippen molar-refractivity contribution >= 4 is 34.6 Å². The van der Waals surface area contributed by atoms with Crippen LogP contribution in [0.5, 0.6) is 0 Å². The number of pyridine rings is 1. The molecule has 0 aliphatic carbocycles. The zero-order chi connectivity index (χ0) is 17.6. The van der Waals surface area contributed by atoms with Crippen molar-refractivity contribution in [2.75, 3.05) is 10.6 Å². The van der Waals surface area contributed by atoms with E-state index in [2.05, 4.69) is 21.7 Å². The molecule has 0 radical (unpaired) electrons. The molecule has 0 saturated heterocycles. The average Bonchev–Trinajstić information content (AvgIpc) is 2.64. The third-order valence-corrected chi connectivity index (χ3v) is 3.66. The zero-order valence-corrected chi connectivity index (χ0v) is 13.8. The Morgan fingerprint density at radius 2 is 1.64 bits per heavy atom. The number of nitrogens with one attached hydrogen (secondary N) is 2. The summed E-state index contributed by atoms with van der Waals surface area (Å²) < 4.78 is 0. The summed E-state index contributed by atoms with van der Waals surface area (Å²) in [5, 5.41) is 15.4. The van der Waals surface area contributed by atoms with Gasteiger partial charge in [0, 0.05) is 22.6 Å². The van der Waals surface area contributed by atoms with Gasteiger partial charge in [-0.1, -0.05) is 11.6 Å². The zero-order valence-electron chi connectivity index (χ0n) is 13.0. The van der Waals surface area contributed by atoms with Crippen LogP contribution in [0, 0.1) is 11.3 Å². The van der Waals surface area contributed by atoms with Crippen molar-refractivity contribution in [3.63, 3.8) is 0 Å². The summed E-state index contributed by atoms with van der Waals surface area (Å²) in [7, 11) is 0. The summed E-state index contributed by atoms with van der Waals surface area (Å²) in [5.41, 5.74) is 3.14. The molecule has 0 unspecified atom stereocenters. The van der Waals surface area contributed by atoms with Crippen LogP contribution in [0.15, 0.2) is 67.0 Å². The van der Waals surface area contributed by atoms with Crippen molar-refractivity contribution in [3.05, 3.63) is 83.1 Å². The highest BCUT2D eigenvalue weighted by atomic mass is 35.5. The lowest BCUT2D eigenvalue weighted by atomic mass is 10.2. The molecule has 2 N–H and O–H groups in total. The largest absolute Gasteiger partial charge is 0.354 e. The maximum absolute atomic E-state index is 12.3. The Hall–Kier alpha value is -3.36. The first kappa shape index (κ1) is 16.5. The van der Waals surface area contributed by atoms with Crippen molar-refractivity contribution in [2.45, 2.75) is 0 Å². The molecule has 1 aromatic heterocycles. The highest BCUT2D eigenvalue weighted by molar-refractivity contribution is 6.30. The quantitative estimate of drug-likeness (QED) is 0.722. The number of halogens is 1. The number of rotatable bonds is 4. The number of hydrogen-bond acceptors (Lipinski definition) is 4. The van der Waals surface area contributed by atoms with Gasteiger partial charge in [-0.15, -0.1) is 0 Å². The van der Waals surface area contributed by atoms with Gasteiger partial charge in [0.2, 0.25) is 0 Å². The Morgan fingerprint density at radius 3 is 2.32 bits per heavy atom. The molecule has 0 aliphatic rings. The fourth-order valence-electron chi connectivity index (χ4n) is 2.16. The van der Waals surface area contributed by atoms with Gasteiger partial charge in [0.05, 0.1) is 29.1 Å². The lowest BCUT2D eigenvalue weighted by Gasteiger charge is -2.09. The van der Waals surface area contributed by atoms with Gasteiger partial charge >= 0.3 is 0 Å². The Bertz CT molecular complexity index is 931.